The number of pyridine rings is 2. The van der Waals surface area contributed by atoms with Crippen molar-refractivity contribution in [1.29, 1.82) is 0 Å². The summed E-state index contributed by atoms with van der Waals surface area (Å²) in [6.07, 6.45) is 11.3. The van der Waals surface area contributed by atoms with Crippen molar-refractivity contribution in [3.8, 4) is 23.0 Å². The topological polar surface area (TPSA) is 128 Å². The molecule has 6 fully saturated rings. The third-order valence-corrected chi connectivity index (χ3v) is 23.5. The van der Waals surface area contributed by atoms with E-state index in [2.05, 4.69) is 214 Å². The summed E-state index contributed by atoms with van der Waals surface area (Å²) in [4.78, 5) is 38.3. The van der Waals surface area contributed by atoms with Crippen LogP contribution < -0.4 is 56.3 Å². The number of aromatic nitrogens is 2. The van der Waals surface area contributed by atoms with Crippen LogP contribution in [0.5, 0.6) is 23.0 Å². The number of carbonyl (C=O) groups is 2. The number of anilines is 1. The van der Waals surface area contributed by atoms with Crippen molar-refractivity contribution in [3.05, 3.63) is 210 Å². The number of para-hydroxylation sites is 2. The highest BCUT2D eigenvalue weighted by Gasteiger charge is 2.46. The molecular weight excluding hydrogens is 1260 g/mol. The summed E-state index contributed by atoms with van der Waals surface area (Å²) in [5.74, 6) is 7.47. The fourth-order valence-electron chi connectivity index (χ4n) is 12.7. The van der Waals surface area contributed by atoms with E-state index in [1.54, 1.807) is 28.4 Å². The molecule has 5 aliphatic heterocycles. The summed E-state index contributed by atoms with van der Waals surface area (Å²) >= 11 is 3.34. The molecule has 6 aromatic carbocycles. The number of benzene rings is 6. The second kappa shape index (κ2) is 28.7. The van der Waals surface area contributed by atoms with Gasteiger partial charge in [-0.1, -0.05) is 172 Å². The van der Waals surface area contributed by atoms with Gasteiger partial charge in [0, 0.05) is 70.1 Å². The maximum Gasteiger partial charge on any atom is 0.410 e. The maximum absolute atomic E-state index is 12.2. The molecule has 2 aliphatic carbocycles. The lowest BCUT2D eigenvalue weighted by Gasteiger charge is -2.41. The van der Waals surface area contributed by atoms with Gasteiger partial charge in [0.25, 0.3) is 0 Å². The van der Waals surface area contributed by atoms with Crippen LogP contribution in [0.15, 0.2) is 199 Å². The van der Waals surface area contributed by atoms with Crippen molar-refractivity contribution in [1.82, 2.24) is 25.1 Å². The molecule has 2 amide bonds. The number of carbonyl (C=O) groups excluding carboxylic acids is 2. The predicted molar refractivity (Wildman–Crippen MR) is 381 cm³/mol. The van der Waals surface area contributed by atoms with Crippen LogP contribution in [0.4, 0.5) is 15.3 Å². The summed E-state index contributed by atoms with van der Waals surface area (Å²) in [5, 5.41) is 11.1. The van der Waals surface area contributed by atoms with E-state index in [0.29, 0.717) is 19.0 Å². The van der Waals surface area contributed by atoms with E-state index >= 15 is 0 Å². The Bertz CT molecular complexity index is 3610. The number of ether oxygens (including phenoxy) is 5. The number of amides is 2. The van der Waals surface area contributed by atoms with E-state index in [1.165, 1.54) is 68.9 Å². The molecule has 7 aliphatic rings. The molecule has 484 valence electrons. The number of likely N-dealkylation sites (tertiary alicyclic amines) is 2. The molecule has 4 unspecified atom stereocenters. The van der Waals surface area contributed by atoms with Gasteiger partial charge in [0.05, 0.1) is 36.4 Å². The highest BCUT2D eigenvalue weighted by Crippen LogP contribution is 2.53. The van der Waals surface area contributed by atoms with Gasteiger partial charge in [-0.05, 0) is 163 Å². The van der Waals surface area contributed by atoms with Gasteiger partial charge in [0.15, 0.2) is 0 Å². The zero-order chi connectivity index (χ0) is 64.9. The Morgan fingerprint density at radius 2 is 0.957 bits per heavy atom. The molecule has 0 spiro atoms. The number of nitrogens with zero attached hydrogens (tertiary/aromatic N) is 5. The van der Waals surface area contributed by atoms with E-state index in [9.17, 15) is 9.59 Å². The third kappa shape index (κ3) is 16.3. The van der Waals surface area contributed by atoms with Crippen molar-refractivity contribution < 1.29 is 33.3 Å². The smallest absolute Gasteiger partial charge is 0.410 e. The van der Waals surface area contributed by atoms with E-state index in [-0.39, 0.29) is 29.7 Å². The van der Waals surface area contributed by atoms with Crippen LogP contribution in [0.3, 0.4) is 0 Å². The molecule has 16 heteroatoms. The zero-order valence-electron chi connectivity index (χ0n) is 54.8. The molecule has 0 bridgehead atoms. The minimum absolute atomic E-state index is 0.0730. The minimum atomic E-state index is -0.824. The number of hydrogen-bond acceptors (Lipinski definition) is 11. The fraction of sp³-hybridized carbons (Fsp3) is 0.377. The zero-order valence-corrected chi connectivity index (χ0v) is 58.2. The Morgan fingerprint density at radius 1 is 0.548 bits per heavy atom. The van der Waals surface area contributed by atoms with Gasteiger partial charge in [0.1, 0.15) is 47.4 Å². The van der Waals surface area contributed by atoms with Crippen LogP contribution in [-0.4, -0.2) is 108 Å². The van der Waals surface area contributed by atoms with Crippen molar-refractivity contribution in [2.45, 2.75) is 110 Å². The van der Waals surface area contributed by atoms with Gasteiger partial charge in [-0.25, -0.2) is 9.59 Å². The van der Waals surface area contributed by atoms with Crippen molar-refractivity contribution in [3.63, 3.8) is 0 Å². The molecule has 15 rings (SSSR count). The predicted octanol–water partition coefficient (Wildman–Crippen LogP) is 14.0. The van der Waals surface area contributed by atoms with Crippen molar-refractivity contribution in [2.24, 2.45) is 23.7 Å². The summed E-state index contributed by atoms with van der Waals surface area (Å²) in [5.41, 5.74) is 2.47. The SMILES string of the molecule is C1NCC2CC12.CC(C)(C)OC(=O)N1CC[C@H]1COc1cncc(Br)c1.CC(C)(C)OC(=O)N1CC[C@H]1COc1cncc(N2CC3CC3C2)c1.CC1(C)c2cccc(P(c3ccccc3)c3ccccc3)c2Oc2c(P(c3ccccc3)c3ccccc3)cccc21. The fourth-order valence-corrected chi connectivity index (χ4v) is 17.9. The number of nitrogens with one attached hydrogen (secondary N) is 1. The highest BCUT2D eigenvalue weighted by molar-refractivity contribution is 9.10. The lowest BCUT2D eigenvalue weighted by molar-refractivity contribution is -0.0149. The number of hydrogen-bond donors (Lipinski definition) is 1. The first-order chi connectivity index (χ1) is 44.8. The van der Waals surface area contributed by atoms with Gasteiger partial charge in [-0.15, -0.1) is 0 Å². The summed E-state index contributed by atoms with van der Waals surface area (Å²) in [6, 6.07) is 61.2. The summed E-state index contributed by atoms with van der Waals surface area (Å²) in [6.45, 7) is 23.2. The van der Waals surface area contributed by atoms with Gasteiger partial charge in [-0.3, -0.25) is 9.97 Å². The minimum Gasteiger partial charge on any atom is -0.490 e. The van der Waals surface area contributed by atoms with Crippen molar-refractivity contribution in [2.75, 3.05) is 57.4 Å². The quantitative estimate of drug-likeness (QED) is 0.111. The number of fused-ring (bicyclic) bond motifs is 4. The van der Waals surface area contributed by atoms with Gasteiger partial charge in [-0.2, -0.15) is 0 Å². The van der Waals surface area contributed by atoms with E-state index in [1.807, 2.05) is 53.8 Å². The van der Waals surface area contributed by atoms with Crippen LogP contribution in [0.1, 0.15) is 92.2 Å². The van der Waals surface area contributed by atoms with E-state index < -0.39 is 27.0 Å². The lowest BCUT2D eigenvalue weighted by atomic mass is 9.76. The van der Waals surface area contributed by atoms with Gasteiger partial charge >= 0.3 is 12.2 Å². The molecule has 6 atom stereocenters. The number of halogens is 1. The average molecular weight is 1350 g/mol. The van der Waals surface area contributed by atoms with Gasteiger partial charge in [0.2, 0.25) is 0 Å². The normalized spacial score (nSPS) is 20.7. The first-order valence-electron chi connectivity index (χ1n) is 32.8. The maximum atomic E-state index is 12.2. The molecule has 0 radical (unpaired) electrons. The van der Waals surface area contributed by atoms with Crippen LogP contribution in [0.2, 0.25) is 0 Å². The Morgan fingerprint density at radius 3 is 1.32 bits per heavy atom. The molecule has 93 heavy (non-hydrogen) atoms. The molecular formula is C77H87BrN6O7P2. The molecule has 4 saturated heterocycles. The second-order valence-electron chi connectivity index (χ2n) is 27.7. The summed E-state index contributed by atoms with van der Waals surface area (Å²) < 4.78 is 30.5. The molecule has 13 nitrogen and oxygen atoms in total. The number of rotatable bonds is 13. The van der Waals surface area contributed by atoms with Crippen LogP contribution in [0, 0.1) is 23.7 Å². The Kier molecular flexibility index (Phi) is 20.3. The van der Waals surface area contributed by atoms with E-state index in [4.69, 9.17) is 23.7 Å². The standard InChI is InChI=1S/C39H32OP2.C19H27N3O3.C14H19BrN2O3.C5H9N/c1-39(2)33-25-15-27-35(41(29-17-7-3-8-18-29)30-19-9-4-10-20-30)37(33)40-38-34(39)26-16-28-36(38)42(31-21-11-5-12-22-31)32-23-13-6-14-24-32;1-19(2,3)25-18(23)22-5-4-15(22)12-24-17-7-16(8-20-9-17)21-10-13-6-14(13)11-21;1-14(2,3)20-13(18)17-5-4-11(17)9-19-12-6-10(15)7-16-8-12;1-4-2-6-3-5(1)4/h3-28H,1-2H3;7-9,13-15H,4-6,10-12H2,1-3H3;6-8,11H,4-5,9H2,1-3H3;4-6H,1-3H2/t;13?,14?,15-;11-;/m.00./s1. The molecule has 2 aromatic heterocycles. The number of piperidine rings is 2. The van der Waals surface area contributed by atoms with E-state index in [0.717, 1.165) is 90.1 Å². The highest BCUT2D eigenvalue weighted by atomic mass is 79.9. The molecule has 8 aromatic rings. The Labute approximate surface area is 560 Å². The van der Waals surface area contributed by atoms with Crippen molar-refractivity contribution >= 4 is 81.5 Å². The average Bonchev–Trinajstić information content (AvgIpc) is 1.65. The Balaban J connectivity index is 0.000000138. The first-order valence-corrected chi connectivity index (χ1v) is 36.3. The first kappa shape index (κ1) is 65.7. The molecule has 2 saturated carbocycles. The molecule has 7 heterocycles. The largest absolute Gasteiger partial charge is 0.490 e. The van der Waals surface area contributed by atoms with Crippen LogP contribution in [0.25, 0.3) is 0 Å². The van der Waals surface area contributed by atoms with Gasteiger partial charge < -0.3 is 43.7 Å². The van der Waals surface area contributed by atoms with Crippen LogP contribution in [-0.2, 0) is 14.9 Å². The monoisotopic (exact) mass is 1350 g/mol. The third-order valence-electron chi connectivity index (χ3n) is 18.1. The summed E-state index contributed by atoms with van der Waals surface area (Å²) in [7, 11) is -1.65. The lowest BCUT2D eigenvalue weighted by Crippen LogP contribution is -2.55. The second-order valence-corrected chi connectivity index (χ2v) is 33.0. The van der Waals surface area contributed by atoms with Crippen LogP contribution >= 0.6 is 31.8 Å². The molecule has 1 N–H and O–H groups in total. The Hall–Kier alpha value is -7.34.